The third-order valence-corrected chi connectivity index (χ3v) is 5.23. The molecule has 0 aliphatic rings. The number of benzene rings is 2. The van der Waals surface area contributed by atoms with Gasteiger partial charge in [0.15, 0.2) is 17.3 Å². The van der Waals surface area contributed by atoms with Crippen molar-refractivity contribution in [1.29, 1.82) is 0 Å². The third kappa shape index (κ3) is 6.17. The van der Waals surface area contributed by atoms with E-state index in [0.717, 1.165) is 11.6 Å². The lowest BCUT2D eigenvalue weighted by Crippen LogP contribution is -2.15. The first-order valence-corrected chi connectivity index (χ1v) is 10.9. The van der Waals surface area contributed by atoms with Crippen molar-refractivity contribution < 1.29 is 33.6 Å². The number of ether oxygens (including phenoxy) is 3. The molecule has 3 aromatic rings. The van der Waals surface area contributed by atoms with E-state index in [1.54, 1.807) is 25.1 Å². The molecule has 8 heteroatoms. The van der Waals surface area contributed by atoms with Gasteiger partial charge in [0.05, 0.1) is 32.7 Å². The predicted octanol–water partition coefficient (Wildman–Crippen LogP) is 3.55. The zero-order valence-corrected chi connectivity index (χ0v) is 19.2. The molecule has 1 aromatic heterocycles. The van der Waals surface area contributed by atoms with Gasteiger partial charge in [-0.3, -0.25) is 9.59 Å². The van der Waals surface area contributed by atoms with Gasteiger partial charge in [-0.05, 0) is 30.2 Å². The van der Waals surface area contributed by atoms with Crippen molar-refractivity contribution >= 4 is 5.97 Å². The highest BCUT2D eigenvalue weighted by Gasteiger charge is 2.27. The zero-order valence-electron chi connectivity index (χ0n) is 19.2. The summed E-state index contributed by atoms with van der Waals surface area (Å²) in [4.78, 5) is 24.5. The van der Waals surface area contributed by atoms with Crippen LogP contribution in [0.3, 0.4) is 0 Å². The number of aromatic hydroxyl groups is 1. The molecule has 1 atom stereocenters. The van der Waals surface area contributed by atoms with E-state index in [-0.39, 0.29) is 24.5 Å². The van der Waals surface area contributed by atoms with Gasteiger partial charge in [0.1, 0.15) is 12.4 Å². The molecule has 0 radical (unpaired) electrons. The quantitative estimate of drug-likeness (QED) is 0.411. The molecule has 0 bridgehead atoms. The number of carbonyl (C=O) groups is 1. The molecule has 0 aliphatic carbocycles. The first-order chi connectivity index (χ1) is 16.5. The van der Waals surface area contributed by atoms with E-state index in [4.69, 9.17) is 18.6 Å². The van der Waals surface area contributed by atoms with Gasteiger partial charge in [-0.1, -0.05) is 36.4 Å². The van der Waals surface area contributed by atoms with E-state index in [1.165, 1.54) is 7.11 Å². The summed E-state index contributed by atoms with van der Waals surface area (Å²) in [6.45, 7) is 1.75. The van der Waals surface area contributed by atoms with Crippen LogP contribution in [0.25, 0.3) is 0 Å². The fourth-order valence-electron chi connectivity index (χ4n) is 3.56. The van der Waals surface area contributed by atoms with Crippen LogP contribution in [-0.4, -0.2) is 36.5 Å². The average molecular weight is 469 g/mol. The van der Waals surface area contributed by atoms with Crippen LogP contribution < -0.4 is 14.9 Å². The lowest BCUT2D eigenvalue weighted by molar-refractivity contribution is -0.143. The molecule has 2 aromatic carbocycles. The van der Waals surface area contributed by atoms with Crippen LogP contribution >= 0.6 is 0 Å². The number of carbonyl (C=O) groups excluding carboxylic acids is 1. The average Bonchev–Trinajstić information content (AvgIpc) is 2.85. The molecular weight excluding hydrogens is 440 g/mol. The van der Waals surface area contributed by atoms with Crippen LogP contribution in [0.2, 0.25) is 0 Å². The number of aliphatic hydroxyl groups excluding tert-OH is 1. The number of hydrogen-bond donors (Lipinski definition) is 2. The maximum Gasteiger partial charge on any atom is 0.306 e. The molecule has 0 aliphatic heterocycles. The second kappa shape index (κ2) is 11.9. The first kappa shape index (κ1) is 24.9. The highest BCUT2D eigenvalue weighted by Crippen LogP contribution is 2.38. The summed E-state index contributed by atoms with van der Waals surface area (Å²) in [7, 11) is 1.49. The second-order valence-corrected chi connectivity index (χ2v) is 7.50. The van der Waals surface area contributed by atoms with Crippen LogP contribution in [-0.2, 0) is 22.6 Å². The molecule has 2 N–H and O–H groups in total. The second-order valence-electron chi connectivity index (χ2n) is 7.50. The van der Waals surface area contributed by atoms with Crippen molar-refractivity contribution in [2.75, 3.05) is 20.3 Å². The molecule has 8 nitrogen and oxygen atoms in total. The standard InChI is InChI=1S/C26H28O8/c1-3-32-24(29)15-20(26-25(30)21(28)14-19(16-27)34-26)18-9-10-22(23(13-18)31-2)33-12-11-17-7-5-4-6-8-17/h4-10,13-14,20,27,30H,3,11-12,15-16H2,1-2H3/t20-/m1/s1. The normalized spacial score (nSPS) is 11.6. The van der Waals surface area contributed by atoms with Crippen molar-refractivity contribution in [2.24, 2.45) is 0 Å². The van der Waals surface area contributed by atoms with Crippen molar-refractivity contribution in [3.05, 3.63) is 87.5 Å². The summed E-state index contributed by atoms with van der Waals surface area (Å²) in [5, 5.41) is 19.8. The number of aliphatic hydroxyl groups is 1. The van der Waals surface area contributed by atoms with E-state index >= 15 is 0 Å². The van der Waals surface area contributed by atoms with Gasteiger partial charge < -0.3 is 28.8 Å². The van der Waals surface area contributed by atoms with Gasteiger partial charge in [-0.25, -0.2) is 0 Å². The maximum atomic E-state index is 12.3. The minimum absolute atomic E-state index is 0.0283. The molecule has 0 saturated carbocycles. The van der Waals surface area contributed by atoms with Crippen LogP contribution in [0.1, 0.15) is 41.9 Å². The summed E-state index contributed by atoms with van der Waals surface area (Å²) in [5.74, 6) is -1.26. The zero-order chi connectivity index (χ0) is 24.5. The number of hydrogen-bond acceptors (Lipinski definition) is 8. The molecule has 3 rings (SSSR count). The number of rotatable bonds is 11. The van der Waals surface area contributed by atoms with E-state index in [9.17, 15) is 19.8 Å². The van der Waals surface area contributed by atoms with Crippen molar-refractivity contribution in [3.8, 4) is 17.2 Å². The van der Waals surface area contributed by atoms with Gasteiger partial charge in [-0.2, -0.15) is 0 Å². The van der Waals surface area contributed by atoms with Crippen LogP contribution in [0, 0.1) is 0 Å². The van der Waals surface area contributed by atoms with Gasteiger partial charge in [0, 0.05) is 12.5 Å². The summed E-state index contributed by atoms with van der Waals surface area (Å²) in [5.41, 5.74) is 0.961. The molecular formula is C26H28O8. The van der Waals surface area contributed by atoms with E-state index < -0.39 is 29.7 Å². The third-order valence-electron chi connectivity index (χ3n) is 5.23. The highest BCUT2D eigenvalue weighted by molar-refractivity contribution is 5.71. The summed E-state index contributed by atoms with van der Waals surface area (Å²) >= 11 is 0. The van der Waals surface area contributed by atoms with Gasteiger partial charge in [0.25, 0.3) is 0 Å². The largest absolute Gasteiger partial charge is 0.502 e. The Morgan fingerprint density at radius 2 is 1.85 bits per heavy atom. The monoisotopic (exact) mass is 468 g/mol. The predicted molar refractivity (Wildman–Crippen MR) is 124 cm³/mol. The molecule has 180 valence electrons. The highest BCUT2D eigenvalue weighted by atomic mass is 16.5. The summed E-state index contributed by atoms with van der Waals surface area (Å²) < 4.78 is 22.0. The van der Waals surface area contributed by atoms with Crippen LogP contribution in [0.15, 0.2) is 63.8 Å². The Morgan fingerprint density at radius 1 is 1.09 bits per heavy atom. The van der Waals surface area contributed by atoms with Gasteiger partial charge >= 0.3 is 5.97 Å². The van der Waals surface area contributed by atoms with Crippen LogP contribution in [0.5, 0.6) is 17.2 Å². The van der Waals surface area contributed by atoms with E-state index in [1.807, 2.05) is 30.3 Å². The fraction of sp³-hybridized carbons (Fsp3) is 0.308. The lowest BCUT2D eigenvalue weighted by Gasteiger charge is -2.19. The minimum Gasteiger partial charge on any atom is -0.502 e. The Morgan fingerprint density at radius 3 is 2.53 bits per heavy atom. The molecule has 0 spiro atoms. The molecule has 0 fully saturated rings. The van der Waals surface area contributed by atoms with E-state index in [2.05, 4.69) is 0 Å². The topological polar surface area (TPSA) is 115 Å². The Kier molecular flexibility index (Phi) is 8.70. The van der Waals surface area contributed by atoms with Crippen molar-refractivity contribution in [2.45, 2.75) is 32.3 Å². The molecule has 1 heterocycles. The van der Waals surface area contributed by atoms with Crippen molar-refractivity contribution in [3.63, 3.8) is 0 Å². The minimum atomic E-state index is -0.856. The molecule has 0 saturated heterocycles. The Labute approximate surface area is 197 Å². The van der Waals surface area contributed by atoms with Crippen molar-refractivity contribution in [1.82, 2.24) is 0 Å². The molecule has 0 amide bonds. The Balaban J connectivity index is 1.92. The Hall–Kier alpha value is -3.78. The Bertz CT molecular complexity index is 1150. The first-order valence-electron chi connectivity index (χ1n) is 10.9. The summed E-state index contributed by atoms with van der Waals surface area (Å²) in [6.07, 6.45) is 0.515. The lowest BCUT2D eigenvalue weighted by atomic mass is 9.91. The number of methoxy groups -OCH3 is 1. The fourth-order valence-corrected chi connectivity index (χ4v) is 3.56. The molecule has 34 heavy (non-hydrogen) atoms. The van der Waals surface area contributed by atoms with Crippen LogP contribution in [0.4, 0.5) is 0 Å². The summed E-state index contributed by atoms with van der Waals surface area (Å²) in [6, 6.07) is 16.0. The van der Waals surface area contributed by atoms with Gasteiger partial charge in [0.2, 0.25) is 11.2 Å². The smallest absolute Gasteiger partial charge is 0.306 e. The van der Waals surface area contributed by atoms with Gasteiger partial charge in [-0.15, -0.1) is 0 Å². The number of esters is 1. The molecule has 0 unspecified atom stereocenters. The maximum absolute atomic E-state index is 12.3. The SMILES string of the molecule is CCOC(=O)C[C@H](c1ccc(OCCc2ccccc2)c(OC)c1)c1oc(CO)cc(=O)c1O. The van der Waals surface area contributed by atoms with E-state index in [0.29, 0.717) is 30.1 Å².